The van der Waals surface area contributed by atoms with Crippen LogP contribution in [0.15, 0.2) is 76.4 Å². The first-order valence-corrected chi connectivity index (χ1v) is 9.90. The molecular weight excluding hydrogens is 402 g/mol. The zero-order valence-electron chi connectivity index (χ0n) is 13.9. The van der Waals surface area contributed by atoms with Crippen molar-refractivity contribution in [3.8, 4) is 0 Å². The van der Waals surface area contributed by atoms with Gasteiger partial charge in [-0.15, -0.1) is 0 Å². The summed E-state index contributed by atoms with van der Waals surface area (Å²) < 4.78 is 29.9. The Morgan fingerprint density at radius 2 is 1.72 bits per heavy atom. The minimum Gasteiger partial charge on any atom is -0.274 e. The van der Waals surface area contributed by atoms with Gasteiger partial charge < -0.3 is 0 Å². The maximum Gasteiger partial charge on any atom is 0.246 e. The smallest absolute Gasteiger partial charge is 0.246 e. The summed E-state index contributed by atoms with van der Waals surface area (Å²) in [6.07, 6.45) is 2.88. The molecule has 1 atom stereocenters. The molecule has 1 unspecified atom stereocenters. The molecule has 0 bridgehead atoms. The molecule has 3 rings (SSSR count). The Morgan fingerprint density at radius 1 is 1.08 bits per heavy atom. The first-order valence-electron chi connectivity index (χ1n) is 7.67. The van der Waals surface area contributed by atoms with E-state index >= 15 is 0 Å². The average molecular weight is 420 g/mol. The van der Waals surface area contributed by atoms with Crippen LogP contribution in [0.1, 0.15) is 17.2 Å². The number of rotatable bonds is 5. The Kier molecular flexibility index (Phi) is 5.08. The number of halogens is 1. The SMILES string of the molecule is CN(C(c1ccccc1)c1ccccc1Br)S(=O)(=O)c1cnn(C)c1. The van der Waals surface area contributed by atoms with E-state index in [2.05, 4.69) is 21.0 Å². The maximum atomic E-state index is 13.1. The van der Waals surface area contributed by atoms with Gasteiger partial charge in [0.2, 0.25) is 10.0 Å². The van der Waals surface area contributed by atoms with Crippen LogP contribution in [0.5, 0.6) is 0 Å². The predicted molar refractivity (Wildman–Crippen MR) is 101 cm³/mol. The van der Waals surface area contributed by atoms with Crippen molar-refractivity contribution < 1.29 is 8.42 Å². The standard InChI is InChI=1S/C18H18BrN3O2S/c1-21-13-15(12-20-21)25(23,24)22(2)18(14-8-4-3-5-9-14)16-10-6-7-11-17(16)19/h3-13,18H,1-2H3. The summed E-state index contributed by atoms with van der Waals surface area (Å²) in [6.45, 7) is 0. The van der Waals surface area contributed by atoms with Gasteiger partial charge in [0.05, 0.1) is 12.2 Å². The van der Waals surface area contributed by atoms with Crippen molar-refractivity contribution in [2.45, 2.75) is 10.9 Å². The largest absolute Gasteiger partial charge is 0.274 e. The minimum absolute atomic E-state index is 0.172. The van der Waals surface area contributed by atoms with E-state index in [4.69, 9.17) is 0 Å². The molecule has 1 aromatic heterocycles. The second-order valence-electron chi connectivity index (χ2n) is 5.71. The number of hydrogen-bond acceptors (Lipinski definition) is 3. The molecule has 0 saturated heterocycles. The summed E-state index contributed by atoms with van der Waals surface area (Å²) in [7, 11) is -0.409. The van der Waals surface area contributed by atoms with Crippen LogP contribution in [0, 0.1) is 0 Å². The van der Waals surface area contributed by atoms with E-state index < -0.39 is 16.1 Å². The number of sulfonamides is 1. The molecule has 0 aliphatic carbocycles. The Labute approximate surface area is 156 Å². The van der Waals surface area contributed by atoms with Crippen LogP contribution in [-0.2, 0) is 17.1 Å². The predicted octanol–water partition coefficient (Wildman–Crippen LogP) is 3.59. The van der Waals surface area contributed by atoms with Gasteiger partial charge >= 0.3 is 0 Å². The van der Waals surface area contributed by atoms with Crippen molar-refractivity contribution in [3.05, 3.63) is 82.6 Å². The van der Waals surface area contributed by atoms with E-state index in [0.717, 1.165) is 15.6 Å². The lowest BCUT2D eigenvalue weighted by atomic mass is 9.99. The minimum atomic E-state index is -3.70. The van der Waals surface area contributed by atoms with Crippen molar-refractivity contribution >= 4 is 26.0 Å². The molecule has 0 aliphatic rings. The zero-order valence-corrected chi connectivity index (χ0v) is 16.3. The van der Waals surface area contributed by atoms with Crippen LogP contribution in [-0.4, -0.2) is 29.6 Å². The Hall–Kier alpha value is -1.96. The van der Waals surface area contributed by atoms with Crippen molar-refractivity contribution in [1.82, 2.24) is 14.1 Å². The molecule has 0 aliphatic heterocycles. The highest BCUT2D eigenvalue weighted by Crippen LogP contribution is 2.35. The molecule has 7 heteroatoms. The maximum absolute atomic E-state index is 13.1. The van der Waals surface area contributed by atoms with E-state index in [1.165, 1.54) is 21.4 Å². The molecule has 25 heavy (non-hydrogen) atoms. The second kappa shape index (κ2) is 7.11. The van der Waals surface area contributed by atoms with Gasteiger partial charge in [-0.3, -0.25) is 4.68 Å². The van der Waals surface area contributed by atoms with Crippen LogP contribution < -0.4 is 0 Å². The van der Waals surface area contributed by atoms with E-state index in [9.17, 15) is 8.42 Å². The third-order valence-electron chi connectivity index (χ3n) is 4.04. The molecule has 5 nitrogen and oxygen atoms in total. The fourth-order valence-corrected chi connectivity index (χ4v) is 4.57. The van der Waals surface area contributed by atoms with Crippen molar-refractivity contribution in [3.63, 3.8) is 0 Å². The zero-order chi connectivity index (χ0) is 18.0. The topological polar surface area (TPSA) is 55.2 Å². The molecule has 0 saturated carbocycles. The van der Waals surface area contributed by atoms with Crippen molar-refractivity contribution in [2.24, 2.45) is 7.05 Å². The molecule has 0 radical (unpaired) electrons. The van der Waals surface area contributed by atoms with E-state index in [0.29, 0.717) is 0 Å². The van der Waals surface area contributed by atoms with Gasteiger partial charge in [-0.1, -0.05) is 64.5 Å². The highest BCUT2D eigenvalue weighted by molar-refractivity contribution is 9.10. The lowest BCUT2D eigenvalue weighted by Gasteiger charge is -2.28. The van der Waals surface area contributed by atoms with Gasteiger partial charge in [0.1, 0.15) is 4.90 Å². The Balaban J connectivity index is 2.13. The molecule has 3 aromatic rings. The Bertz CT molecular complexity index is 971. The lowest BCUT2D eigenvalue weighted by Crippen LogP contribution is -2.32. The highest BCUT2D eigenvalue weighted by atomic mass is 79.9. The average Bonchev–Trinajstić information content (AvgIpc) is 3.05. The molecule has 130 valence electrons. The van der Waals surface area contributed by atoms with Gasteiger partial charge in [0, 0.05) is 24.8 Å². The van der Waals surface area contributed by atoms with E-state index in [-0.39, 0.29) is 4.90 Å². The quantitative estimate of drug-likeness (QED) is 0.634. The van der Waals surface area contributed by atoms with Crippen LogP contribution in [0.3, 0.4) is 0 Å². The van der Waals surface area contributed by atoms with E-state index in [1.807, 2.05) is 54.6 Å². The van der Waals surface area contributed by atoms with E-state index in [1.54, 1.807) is 14.1 Å². The van der Waals surface area contributed by atoms with Gasteiger partial charge in [-0.25, -0.2) is 8.42 Å². The fourth-order valence-electron chi connectivity index (χ4n) is 2.75. The monoisotopic (exact) mass is 419 g/mol. The molecule has 0 N–H and O–H groups in total. The van der Waals surface area contributed by atoms with Gasteiger partial charge in [0.25, 0.3) is 0 Å². The first-order chi connectivity index (χ1) is 11.9. The van der Waals surface area contributed by atoms with Gasteiger partial charge in [-0.2, -0.15) is 9.40 Å². The molecule has 1 heterocycles. The number of aromatic nitrogens is 2. The third kappa shape index (κ3) is 3.53. The summed E-state index contributed by atoms with van der Waals surface area (Å²) in [4.78, 5) is 0.172. The van der Waals surface area contributed by atoms with Gasteiger partial charge in [-0.05, 0) is 17.2 Å². The summed E-state index contributed by atoms with van der Waals surface area (Å²) in [5.41, 5.74) is 1.77. The van der Waals surface area contributed by atoms with Gasteiger partial charge in [0.15, 0.2) is 0 Å². The number of benzene rings is 2. The molecule has 0 amide bonds. The fraction of sp³-hybridized carbons (Fsp3) is 0.167. The van der Waals surface area contributed by atoms with Crippen molar-refractivity contribution in [1.29, 1.82) is 0 Å². The third-order valence-corrected chi connectivity index (χ3v) is 6.53. The van der Waals surface area contributed by atoms with Crippen LogP contribution in [0.2, 0.25) is 0 Å². The Morgan fingerprint density at radius 3 is 2.32 bits per heavy atom. The number of aryl methyl sites for hydroxylation is 1. The molecule has 0 spiro atoms. The normalized spacial score (nSPS) is 13.1. The van der Waals surface area contributed by atoms with Crippen LogP contribution >= 0.6 is 15.9 Å². The second-order valence-corrected chi connectivity index (χ2v) is 8.56. The molecule has 2 aromatic carbocycles. The van der Waals surface area contributed by atoms with Crippen LogP contribution in [0.25, 0.3) is 0 Å². The highest BCUT2D eigenvalue weighted by Gasteiger charge is 2.32. The summed E-state index contributed by atoms with van der Waals surface area (Å²) in [5.74, 6) is 0. The molecular formula is C18H18BrN3O2S. The summed E-state index contributed by atoms with van der Waals surface area (Å²) >= 11 is 3.55. The van der Waals surface area contributed by atoms with Crippen molar-refractivity contribution in [2.75, 3.05) is 7.05 Å². The van der Waals surface area contributed by atoms with Crippen LogP contribution in [0.4, 0.5) is 0 Å². The number of nitrogens with zero attached hydrogens (tertiary/aromatic N) is 3. The lowest BCUT2D eigenvalue weighted by molar-refractivity contribution is 0.417. The number of hydrogen-bond donors (Lipinski definition) is 0. The summed E-state index contributed by atoms with van der Waals surface area (Å²) in [5, 5.41) is 3.99. The first kappa shape index (κ1) is 17.8. The summed E-state index contributed by atoms with van der Waals surface area (Å²) in [6, 6.07) is 16.8. The molecule has 0 fully saturated rings.